The molecule has 1 saturated carbocycles. The molecule has 0 heterocycles. The number of aliphatic carboxylic acids is 1. The molecule has 1 aromatic carbocycles. The Balaban J connectivity index is 2.63. The zero-order valence-electron chi connectivity index (χ0n) is 8.00. The molecule has 1 aliphatic rings. The summed E-state index contributed by atoms with van der Waals surface area (Å²) < 4.78 is 26.2. The molecule has 0 aromatic heterocycles. The lowest BCUT2D eigenvalue weighted by molar-refractivity contribution is -0.140. The van der Waals surface area contributed by atoms with Gasteiger partial charge in [0.05, 0.1) is 5.41 Å². The van der Waals surface area contributed by atoms with Gasteiger partial charge in [-0.3, -0.25) is 4.79 Å². The topological polar surface area (TPSA) is 77.8 Å². The van der Waals surface area contributed by atoms with E-state index in [9.17, 15) is 18.7 Å². The molecule has 0 radical (unpaired) electrons. The maximum absolute atomic E-state index is 13.1. The maximum Gasteiger partial charge on any atom is 0.314 e. The van der Waals surface area contributed by atoms with Crippen LogP contribution in [0.1, 0.15) is 18.4 Å². The van der Waals surface area contributed by atoms with Crippen LogP contribution in [-0.4, -0.2) is 21.3 Å². The lowest BCUT2D eigenvalue weighted by atomic mass is 9.94. The molecule has 2 rings (SSSR count). The van der Waals surface area contributed by atoms with Gasteiger partial charge < -0.3 is 15.3 Å². The Morgan fingerprint density at radius 1 is 1.25 bits per heavy atom. The highest BCUT2D eigenvalue weighted by molar-refractivity contribution is 5.86. The van der Waals surface area contributed by atoms with Gasteiger partial charge in [0.15, 0.2) is 17.3 Å². The zero-order chi connectivity index (χ0) is 12.1. The first-order chi connectivity index (χ1) is 7.40. The van der Waals surface area contributed by atoms with Crippen LogP contribution in [0.2, 0.25) is 0 Å². The van der Waals surface area contributed by atoms with Gasteiger partial charge in [0.1, 0.15) is 0 Å². The Morgan fingerprint density at radius 3 is 2.25 bits per heavy atom. The summed E-state index contributed by atoms with van der Waals surface area (Å²) in [5.74, 6) is -6.35. The van der Waals surface area contributed by atoms with Crippen molar-refractivity contribution in [1.82, 2.24) is 0 Å². The van der Waals surface area contributed by atoms with Gasteiger partial charge in [-0.05, 0) is 18.9 Å². The maximum atomic E-state index is 13.1. The van der Waals surface area contributed by atoms with E-state index in [1.807, 2.05) is 0 Å². The molecule has 0 bridgehead atoms. The minimum absolute atomic E-state index is 0.208. The van der Waals surface area contributed by atoms with Crippen molar-refractivity contribution in [3.63, 3.8) is 0 Å². The van der Waals surface area contributed by atoms with Gasteiger partial charge in [0.2, 0.25) is 5.82 Å². The highest BCUT2D eigenvalue weighted by Gasteiger charge is 2.54. The van der Waals surface area contributed by atoms with Crippen LogP contribution in [0.5, 0.6) is 11.5 Å². The molecular formula is C10H8F2O4. The van der Waals surface area contributed by atoms with E-state index in [-0.39, 0.29) is 18.4 Å². The van der Waals surface area contributed by atoms with Gasteiger partial charge in [-0.25, -0.2) is 4.39 Å². The second kappa shape index (κ2) is 3.07. The molecule has 0 amide bonds. The smallest absolute Gasteiger partial charge is 0.314 e. The summed E-state index contributed by atoms with van der Waals surface area (Å²) in [4.78, 5) is 10.9. The third-order valence-corrected chi connectivity index (χ3v) is 2.84. The number of carboxylic acids is 1. The van der Waals surface area contributed by atoms with Crippen molar-refractivity contribution in [2.75, 3.05) is 0 Å². The molecule has 3 N–H and O–H groups in total. The first kappa shape index (κ1) is 10.7. The molecule has 4 nitrogen and oxygen atoms in total. The third kappa shape index (κ3) is 1.22. The van der Waals surface area contributed by atoms with Crippen LogP contribution in [0.15, 0.2) is 6.07 Å². The molecule has 0 spiro atoms. The molecule has 6 heteroatoms. The molecule has 86 valence electrons. The number of carboxylic acid groups (broad SMARTS) is 1. The van der Waals surface area contributed by atoms with Gasteiger partial charge in [-0.2, -0.15) is 4.39 Å². The van der Waals surface area contributed by atoms with E-state index in [2.05, 4.69) is 0 Å². The molecular weight excluding hydrogens is 222 g/mol. The first-order valence-corrected chi connectivity index (χ1v) is 4.54. The van der Waals surface area contributed by atoms with Crippen LogP contribution < -0.4 is 0 Å². The number of benzene rings is 1. The summed E-state index contributed by atoms with van der Waals surface area (Å²) >= 11 is 0. The highest BCUT2D eigenvalue weighted by atomic mass is 19.1. The summed E-state index contributed by atoms with van der Waals surface area (Å²) in [6.45, 7) is 0. The van der Waals surface area contributed by atoms with E-state index < -0.39 is 34.5 Å². The number of rotatable bonds is 2. The van der Waals surface area contributed by atoms with E-state index in [1.165, 1.54) is 0 Å². The summed E-state index contributed by atoms with van der Waals surface area (Å²) in [6.07, 6.45) is 0.416. The van der Waals surface area contributed by atoms with E-state index in [0.717, 1.165) is 0 Å². The van der Waals surface area contributed by atoms with Crippen molar-refractivity contribution in [3.05, 3.63) is 23.3 Å². The van der Waals surface area contributed by atoms with Crippen molar-refractivity contribution in [2.45, 2.75) is 18.3 Å². The van der Waals surface area contributed by atoms with Crippen molar-refractivity contribution in [1.29, 1.82) is 0 Å². The van der Waals surface area contributed by atoms with Gasteiger partial charge in [-0.1, -0.05) is 0 Å². The number of aromatic hydroxyl groups is 2. The minimum atomic E-state index is -1.53. The lowest BCUT2D eigenvalue weighted by Gasteiger charge is -2.13. The van der Waals surface area contributed by atoms with Crippen LogP contribution in [0.25, 0.3) is 0 Å². The van der Waals surface area contributed by atoms with Crippen LogP contribution in [0, 0.1) is 11.6 Å². The summed E-state index contributed by atoms with van der Waals surface area (Å²) in [5, 5.41) is 27.2. The highest BCUT2D eigenvalue weighted by Crippen LogP contribution is 2.53. The Labute approximate surface area is 88.8 Å². The lowest BCUT2D eigenvalue weighted by Crippen LogP contribution is -2.20. The van der Waals surface area contributed by atoms with E-state index in [0.29, 0.717) is 6.07 Å². The average molecular weight is 230 g/mol. The average Bonchev–Trinajstić information content (AvgIpc) is 3.01. The summed E-state index contributed by atoms with van der Waals surface area (Å²) in [5.41, 5.74) is -1.74. The Bertz CT molecular complexity index is 480. The second-order valence-electron chi connectivity index (χ2n) is 3.80. The van der Waals surface area contributed by atoms with E-state index in [1.54, 1.807) is 0 Å². The number of halogens is 2. The van der Waals surface area contributed by atoms with Gasteiger partial charge in [-0.15, -0.1) is 0 Å². The molecule has 0 atom stereocenters. The first-order valence-electron chi connectivity index (χ1n) is 4.54. The normalized spacial score (nSPS) is 17.1. The standard InChI is InChI=1S/C10H8F2O4/c11-5-3-4(7(13)6(12)8(5)14)10(1-2-10)9(15)16/h3,13-14H,1-2H2,(H,15,16). The van der Waals surface area contributed by atoms with Gasteiger partial charge in [0.25, 0.3) is 0 Å². The van der Waals surface area contributed by atoms with Crippen LogP contribution in [0.3, 0.4) is 0 Å². The van der Waals surface area contributed by atoms with Gasteiger partial charge >= 0.3 is 5.97 Å². The molecule has 1 fully saturated rings. The zero-order valence-corrected chi connectivity index (χ0v) is 8.00. The fourth-order valence-corrected chi connectivity index (χ4v) is 1.69. The fraction of sp³-hybridized carbons (Fsp3) is 0.300. The van der Waals surface area contributed by atoms with Crippen molar-refractivity contribution >= 4 is 5.97 Å². The van der Waals surface area contributed by atoms with Crippen molar-refractivity contribution in [2.24, 2.45) is 0 Å². The molecule has 0 aliphatic heterocycles. The van der Waals surface area contributed by atoms with Crippen LogP contribution >= 0.6 is 0 Å². The Hall–Kier alpha value is -1.85. The molecule has 1 aliphatic carbocycles. The monoisotopic (exact) mass is 230 g/mol. The van der Waals surface area contributed by atoms with Crippen LogP contribution in [0.4, 0.5) is 8.78 Å². The third-order valence-electron chi connectivity index (χ3n) is 2.84. The van der Waals surface area contributed by atoms with Gasteiger partial charge in [0, 0.05) is 5.56 Å². The number of phenols is 2. The SMILES string of the molecule is O=C(O)C1(c2cc(F)c(O)c(F)c2O)CC1. The Morgan fingerprint density at radius 2 is 1.81 bits per heavy atom. The summed E-state index contributed by atoms with van der Waals surface area (Å²) in [6, 6.07) is 0.662. The number of hydrogen-bond acceptors (Lipinski definition) is 3. The van der Waals surface area contributed by atoms with Crippen molar-refractivity contribution < 1.29 is 28.9 Å². The fourth-order valence-electron chi connectivity index (χ4n) is 1.69. The number of hydrogen-bond donors (Lipinski definition) is 3. The molecule has 0 saturated heterocycles. The minimum Gasteiger partial charge on any atom is -0.505 e. The number of phenolic OH excluding ortho intramolecular Hbond substituents is 2. The molecule has 1 aromatic rings. The predicted octanol–water partition coefficient (Wildman–Crippen LogP) is 1.49. The quantitative estimate of drug-likeness (QED) is 0.719. The second-order valence-corrected chi connectivity index (χ2v) is 3.80. The van der Waals surface area contributed by atoms with E-state index >= 15 is 0 Å². The van der Waals surface area contributed by atoms with E-state index in [4.69, 9.17) is 10.2 Å². The number of carbonyl (C=O) groups is 1. The predicted molar refractivity (Wildman–Crippen MR) is 48.2 cm³/mol. The largest absolute Gasteiger partial charge is 0.505 e. The Kier molecular flexibility index (Phi) is 2.04. The molecule has 16 heavy (non-hydrogen) atoms. The van der Waals surface area contributed by atoms with Crippen LogP contribution in [-0.2, 0) is 10.2 Å². The summed E-state index contributed by atoms with van der Waals surface area (Å²) in [7, 11) is 0. The molecule has 0 unspecified atom stereocenters. The van der Waals surface area contributed by atoms with Crippen molar-refractivity contribution in [3.8, 4) is 11.5 Å².